The normalized spacial score (nSPS) is 12.2. The van der Waals surface area contributed by atoms with Gasteiger partial charge in [0.15, 0.2) is 0 Å². The van der Waals surface area contributed by atoms with Crippen molar-refractivity contribution >= 4 is 76.6 Å². The molecule has 0 aliphatic rings. The Balaban J connectivity index is 1.16. The smallest absolute Gasteiger partial charge is 0.213 e. The standard InChI is InChI=1S/C44H27N3O/c1-6-19-37-31(14-1)32-15-2-7-20-38(32)46(37)30-24-25-41-36(27-30)33-16-3-8-21-39(33)45(41)28-12-11-13-29(26-28)47-40-22-9-4-17-34(40)43-35-18-5-10-23-42(35)48-44(43)47/h1-27H. The van der Waals surface area contributed by atoms with Crippen LogP contribution in [0.2, 0.25) is 0 Å². The predicted octanol–water partition coefficient (Wildman–Crippen LogP) is 11.7. The summed E-state index contributed by atoms with van der Waals surface area (Å²) < 4.78 is 13.6. The second kappa shape index (κ2) is 9.50. The van der Waals surface area contributed by atoms with Gasteiger partial charge in [-0.25, -0.2) is 0 Å². The molecule has 0 fully saturated rings. The van der Waals surface area contributed by atoms with Crippen LogP contribution < -0.4 is 0 Å². The zero-order valence-corrected chi connectivity index (χ0v) is 25.8. The Labute approximate surface area is 274 Å². The number of hydrogen-bond acceptors (Lipinski definition) is 1. The number of furan rings is 1. The summed E-state index contributed by atoms with van der Waals surface area (Å²) in [5.74, 6) is 0. The van der Waals surface area contributed by atoms with E-state index in [9.17, 15) is 0 Å². The highest BCUT2D eigenvalue weighted by molar-refractivity contribution is 6.20. The average molecular weight is 614 g/mol. The molecule has 0 saturated heterocycles. The van der Waals surface area contributed by atoms with Gasteiger partial charge in [-0.2, -0.15) is 0 Å². The van der Waals surface area contributed by atoms with Crippen LogP contribution in [0, 0.1) is 0 Å². The van der Waals surface area contributed by atoms with Crippen LogP contribution in [-0.4, -0.2) is 13.7 Å². The molecule has 4 heterocycles. The van der Waals surface area contributed by atoms with Crippen LogP contribution in [-0.2, 0) is 0 Å². The lowest BCUT2D eigenvalue weighted by atomic mass is 10.1. The SMILES string of the molecule is c1cc(-n2c3ccccc3c3cc(-n4c5ccccc5c5ccccc54)ccc32)cc(-n2c3ccccc3c3c4ccccc4oc32)c1. The number of benzene rings is 7. The van der Waals surface area contributed by atoms with Gasteiger partial charge in [-0.15, -0.1) is 0 Å². The first kappa shape index (κ1) is 25.6. The third-order valence-corrected chi connectivity index (χ3v) is 10.0. The Hall–Kier alpha value is -6.52. The number of fused-ring (bicyclic) bond motifs is 11. The van der Waals surface area contributed by atoms with Crippen LogP contribution >= 0.6 is 0 Å². The summed E-state index contributed by atoms with van der Waals surface area (Å²) in [7, 11) is 0. The molecule has 4 aromatic heterocycles. The molecule has 0 atom stereocenters. The van der Waals surface area contributed by atoms with Crippen LogP contribution in [0.3, 0.4) is 0 Å². The van der Waals surface area contributed by atoms with Crippen molar-refractivity contribution in [3.63, 3.8) is 0 Å². The third-order valence-electron chi connectivity index (χ3n) is 10.0. The molecule has 0 unspecified atom stereocenters. The van der Waals surface area contributed by atoms with E-state index in [1.165, 1.54) is 49.0 Å². The van der Waals surface area contributed by atoms with E-state index in [4.69, 9.17) is 4.42 Å². The van der Waals surface area contributed by atoms with Gasteiger partial charge >= 0.3 is 0 Å². The van der Waals surface area contributed by atoms with E-state index in [1.54, 1.807) is 0 Å². The van der Waals surface area contributed by atoms with Gasteiger partial charge in [0.2, 0.25) is 5.71 Å². The number of hydrogen-bond donors (Lipinski definition) is 0. The Morgan fingerprint density at radius 2 is 0.771 bits per heavy atom. The highest BCUT2D eigenvalue weighted by atomic mass is 16.3. The van der Waals surface area contributed by atoms with E-state index >= 15 is 0 Å². The molecule has 0 radical (unpaired) electrons. The zero-order chi connectivity index (χ0) is 31.3. The molecular weight excluding hydrogens is 587 g/mol. The molecule has 0 saturated carbocycles. The van der Waals surface area contributed by atoms with Gasteiger partial charge in [0.25, 0.3) is 0 Å². The van der Waals surface area contributed by atoms with Crippen LogP contribution in [0.1, 0.15) is 0 Å². The molecular formula is C44H27N3O. The molecule has 0 spiro atoms. The fraction of sp³-hybridized carbons (Fsp3) is 0. The fourth-order valence-electron chi connectivity index (χ4n) is 8.05. The van der Waals surface area contributed by atoms with E-state index < -0.39 is 0 Å². The molecule has 0 amide bonds. The first-order valence-corrected chi connectivity index (χ1v) is 16.4. The lowest BCUT2D eigenvalue weighted by Crippen LogP contribution is -1.98. The summed E-state index contributed by atoms with van der Waals surface area (Å²) in [6.07, 6.45) is 0. The predicted molar refractivity (Wildman–Crippen MR) is 199 cm³/mol. The lowest BCUT2D eigenvalue weighted by molar-refractivity contribution is 0.645. The number of aromatic nitrogens is 3. The van der Waals surface area contributed by atoms with Crippen molar-refractivity contribution in [2.75, 3.05) is 0 Å². The van der Waals surface area contributed by atoms with Crippen LogP contribution in [0.25, 0.3) is 93.6 Å². The van der Waals surface area contributed by atoms with Crippen molar-refractivity contribution in [2.24, 2.45) is 0 Å². The van der Waals surface area contributed by atoms with E-state index in [0.29, 0.717) is 0 Å². The van der Waals surface area contributed by atoms with E-state index in [1.807, 2.05) is 6.07 Å². The highest BCUT2D eigenvalue weighted by Crippen LogP contribution is 2.40. The number of para-hydroxylation sites is 5. The summed E-state index contributed by atoms with van der Waals surface area (Å²) in [5, 5.41) is 8.47. The van der Waals surface area contributed by atoms with Gasteiger partial charge in [-0.05, 0) is 66.7 Å². The molecule has 0 bridgehead atoms. The van der Waals surface area contributed by atoms with Gasteiger partial charge in [0.05, 0.1) is 38.7 Å². The van der Waals surface area contributed by atoms with Gasteiger partial charge in [0, 0.05) is 43.7 Å². The molecule has 0 aliphatic carbocycles. The van der Waals surface area contributed by atoms with Gasteiger partial charge in [-0.1, -0.05) is 97.1 Å². The maximum Gasteiger partial charge on any atom is 0.213 e. The molecule has 48 heavy (non-hydrogen) atoms. The topological polar surface area (TPSA) is 27.9 Å². The maximum atomic E-state index is 6.56. The largest absolute Gasteiger partial charge is 0.439 e. The highest BCUT2D eigenvalue weighted by Gasteiger charge is 2.20. The van der Waals surface area contributed by atoms with Gasteiger partial charge in [0.1, 0.15) is 5.58 Å². The van der Waals surface area contributed by atoms with Crippen LogP contribution in [0.15, 0.2) is 168 Å². The molecule has 11 aromatic rings. The van der Waals surface area contributed by atoms with Crippen molar-refractivity contribution in [3.8, 4) is 17.1 Å². The molecule has 224 valence electrons. The summed E-state index contributed by atoms with van der Waals surface area (Å²) in [4.78, 5) is 0. The molecule has 4 heteroatoms. The monoisotopic (exact) mass is 613 g/mol. The van der Waals surface area contributed by atoms with Crippen LogP contribution in [0.4, 0.5) is 0 Å². The first-order chi connectivity index (χ1) is 23.8. The minimum atomic E-state index is 0.868. The Bertz CT molecular complexity index is 3020. The van der Waals surface area contributed by atoms with E-state index in [2.05, 4.69) is 171 Å². The zero-order valence-electron chi connectivity index (χ0n) is 25.8. The molecule has 4 nitrogen and oxygen atoms in total. The third kappa shape index (κ3) is 3.38. The minimum absolute atomic E-state index is 0.868. The van der Waals surface area contributed by atoms with E-state index in [-0.39, 0.29) is 0 Å². The van der Waals surface area contributed by atoms with Gasteiger partial charge < -0.3 is 13.6 Å². The molecule has 0 aliphatic heterocycles. The van der Waals surface area contributed by atoms with Crippen molar-refractivity contribution in [2.45, 2.75) is 0 Å². The van der Waals surface area contributed by atoms with Crippen LogP contribution in [0.5, 0.6) is 0 Å². The quantitative estimate of drug-likeness (QED) is 0.195. The Morgan fingerprint density at radius 1 is 0.312 bits per heavy atom. The summed E-state index contributed by atoms with van der Waals surface area (Å²) in [6, 6.07) is 58.8. The number of rotatable bonds is 3. The molecule has 7 aromatic carbocycles. The summed E-state index contributed by atoms with van der Waals surface area (Å²) >= 11 is 0. The van der Waals surface area contributed by atoms with Crippen molar-refractivity contribution < 1.29 is 4.42 Å². The summed E-state index contributed by atoms with van der Waals surface area (Å²) in [6.45, 7) is 0. The molecule has 0 N–H and O–H groups in total. The van der Waals surface area contributed by atoms with Crippen molar-refractivity contribution in [3.05, 3.63) is 164 Å². The minimum Gasteiger partial charge on any atom is -0.439 e. The fourth-order valence-corrected chi connectivity index (χ4v) is 8.05. The van der Waals surface area contributed by atoms with Crippen molar-refractivity contribution in [1.82, 2.24) is 13.7 Å². The second-order valence-electron chi connectivity index (χ2n) is 12.6. The van der Waals surface area contributed by atoms with E-state index in [0.717, 1.165) is 44.6 Å². The maximum absolute atomic E-state index is 6.56. The van der Waals surface area contributed by atoms with Gasteiger partial charge in [-0.3, -0.25) is 4.57 Å². The molecule has 11 rings (SSSR count). The number of nitrogens with zero attached hydrogens (tertiary/aromatic N) is 3. The summed E-state index contributed by atoms with van der Waals surface area (Å²) in [5.41, 5.74) is 11.0. The second-order valence-corrected chi connectivity index (χ2v) is 12.6. The Kier molecular flexibility index (Phi) is 5.08. The average Bonchev–Trinajstić information content (AvgIpc) is 3.87. The van der Waals surface area contributed by atoms with Crippen molar-refractivity contribution in [1.29, 1.82) is 0 Å². The first-order valence-electron chi connectivity index (χ1n) is 16.4. The lowest BCUT2D eigenvalue weighted by Gasteiger charge is -2.12. The Morgan fingerprint density at radius 3 is 1.42 bits per heavy atom.